The van der Waals surface area contributed by atoms with Gasteiger partial charge in [-0.25, -0.2) is 0 Å². The summed E-state index contributed by atoms with van der Waals surface area (Å²) >= 11 is 0. The van der Waals surface area contributed by atoms with Crippen LogP contribution in [-0.4, -0.2) is 17.6 Å². The number of benzene rings is 1. The van der Waals surface area contributed by atoms with Crippen molar-refractivity contribution in [2.45, 2.75) is 6.42 Å². The largest absolute Gasteiger partial charge is 0.515 e. The van der Waals surface area contributed by atoms with E-state index in [2.05, 4.69) is 0 Å². The highest BCUT2D eigenvalue weighted by Gasteiger charge is 2.26. The van der Waals surface area contributed by atoms with Crippen LogP contribution < -0.4 is 4.90 Å². The fourth-order valence-electron chi connectivity index (χ4n) is 1.59. The van der Waals surface area contributed by atoms with Crippen LogP contribution in [-0.2, 0) is 4.79 Å². The highest BCUT2D eigenvalue weighted by Crippen LogP contribution is 2.23. The van der Waals surface area contributed by atoms with Crippen molar-refractivity contribution >= 4 is 11.6 Å². The zero-order valence-electron chi connectivity index (χ0n) is 7.68. The van der Waals surface area contributed by atoms with Crippen LogP contribution in [0.3, 0.4) is 0 Å². The predicted molar refractivity (Wildman–Crippen MR) is 54.1 cm³/mol. The fourth-order valence-corrected chi connectivity index (χ4v) is 1.59. The summed E-state index contributed by atoms with van der Waals surface area (Å²) < 4.78 is 0. The van der Waals surface area contributed by atoms with Crippen LogP contribution in [0.4, 0.5) is 5.69 Å². The van der Waals surface area contributed by atoms with E-state index < -0.39 is 0 Å². The molecule has 3 nitrogen and oxygen atoms in total. The summed E-state index contributed by atoms with van der Waals surface area (Å²) in [5.74, 6) is -0.0984. The maximum absolute atomic E-state index is 11.6. The lowest BCUT2D eigenvalue weighted by atomic mass is 10.2. The minimum Gasteiger partial charge on any atom is -0.515 e. The van der Waals surface area contributed by atoms with Crippen molar-refractivity contribution in [2.24, 2.45) is 0 Å². The van der Waals surface area contributed by atoms with Gasteiger partial charge in [0.1, 0.15) is 0 Å². The van der Waals surface area contributed by atoms with Crippen LogP contribution in [0.25, 0.3) is 0 Å². The van der Waals surface area contributed by atoms with Gasteiger partial charge in [0.2, 0.25) is 0 Å². The molecule has 2 rings (SSSR count). The van der Waals surface area contributed by atoms with Gasteiger partial charge in [0.15, 0.2) is 0 Å². The van der Waals surface area contributed by atoms with Gasteiger partial charge in [0, 0.05) is 12.2 Å². The van der Waals surface area contributed by atoms with Crippen LogP contribution in [0, 0.1) is 0 Å². The molecule has 1 heterocycles. The quantitative estimate of drug-likeness (QED) is 0.541. The number of hydrogen-bond acceptors (Lipinski definition) is 2. The topological polar surface area (TPSA) is 40.5 Å². The smallest absolute Gasteiger partial charge is 0.257 e. The number of carbonyl (C=O) groups is 1. The van der Waals surface area contributed by atoms with Crippen LogP contribution >= 0.6 is 0 Å². The number of anilines is 1. The van der Waals surface area contributed by atoms with Crippen molar-refractivity contribution in [1.29, 1.82) is 0 Å². The summed E-state index contributed by atoms with van der Waals surface area (Å²) in [6.07, 6.45) is 1.52. The van der Waals surface area contributed by atoms with Gasteiger partial charge in [0.25, 0.3) is 5.91 Å². The lowest BCUT2D eigenvalue weighted by molar-refractivity contribution is -0.114. The Morgan fingerprint density at radius 2 is 2.00 bits per heavy atom. The van der Waals surface area contributed by atoms with Gasteiger partial charge >= 0.3 is 0 Å². The first-order valence-corrected chi connectivity index (χ1v) is 4.53. The molecule has 1 saturated heterocycles. The molecule has 0 aliphatic carbocycles. The van der Waals surface area contributed by atoms with E-state index in [-0.39, 0.29) is 5.91 Å². The van der Waals surface area contributed by atoms with E-state index in [4.69, 9.17) is 5.11 Å². The predicted octanol–water partition coefficient (Wildman–Crippen LogP) is 1.87. The lowest BCUT2D eigenvalue weighted by Gasteiger charge is -2.14. The third-order valence-electron chi connectivity index (χ3n) is 2.35. The summed E-state index contributed by atoms with van der Waals surface area (Å²) in [6, 6.07) is 9.47. The van der Waals surface area contributed by atoms with Gasteiger partial charge in [-0.3, -0.25) is 4.79 Å². The third-order valence-corrected chi connectivity index (χ3v) is 2.35. The number of rotatable bonds is 1. The minimum absolute atomic E-state index is 0.0984. The Balaban J connectivity index is 2.27. The van der Waals surface area contributed by atoms with Crippen LogP contribution in [0.15, 0.2) is 42.2 Å². The Morgan fingerprint density at radius 1 is 1.29 bits per heavy atom. The Bertz CT molecular complexity index is 370. The second-order valence-corrected chi connectivity index (χ2v) is 3.20. The zero-order valence-corrected chi connectivity index (χ0v) is 7.68. The standard InChI is InChI=1S/C11H11NO2/c13-8-9-6-7-12(11(9)14)10-4-2-1-3-5-10/h1-5,8,13H,6-7H2/b9-8+. The fraction of sp³-hybridized carbons (Fsp3) is 0.182. The number of nitrogens with zero attached hydrogens (tertiary/aromatic N) is 1. The van der Waals surface area contributed by atoms with Gasteiger partial charge in [-0.05, 0) is 18.6 Å². The van der Waals surface area contributed by atoms with Gasteiger partial charge in [-0.15, -0.1) is 0 Å². The molecule has 0 atom stereocenters. The van der Waals surface area contributed by atoms with Gasteiger partial charge in [0.05, 0.1) is 11.8 Å². The molecule has 0 aromatic heterocycles. The van der Waals surface area contributed by atoms with E-state index in [0.717, 1.165) is 11.9 Å². The van der Waals surface area contributed by atoms with Crippen molar-refractivity contribution in [3.05, 3.63) is 42.2 Å². The van der Waals surface area contributed by atoms with Crippen LogP contribution in [0.5, 0.6) is 0 Å². The number of amides is 1. The van der Waals surface area contributed by atoms with Crippen LogP contribution in [0.2, 0.25) is 0 Å². The number of hydrogen-bond donors (Lipinski definition) is 1. The summed E-state index contributed by atoms with van der Waals surface area (Å²) in [7, 11) is 0. The summed E-state index contributed by atoms with van der Waals surface area (Å²) in [6.45, 7) is 0.648. The average molecular weight is 189 g/mol. The molecule has 14 heavy (non-hydrogen) atoms. The molecule has 1 aliphatic rings. The zero-order chi connectivity index (χ0) is 9.97. The molecule has 1 aromatic rings. The summed E-state index contributed by atoms with van der Waals surface area (Å²) in [5.41, 5.74) is 1.36. The van der Waals surface area contributed by atoms with Crippen molar-refractivity contribution in [1.82, 2.24) is 0 Å². The monoisotopic (exact) mass is 189 g/mol. The SMILES string of the molecule is O=C1/C(=C/O)CCN1c1ccccc1. The van der Waals surface area contributed by atoms with Crippen molar-refractivity contribution in [2.75, 3.05) is 11.4 Å². The van der Waals surface area contributed by atoms with Crippen molar-refractivity contribution < 1.29 is 9.90 Å². The molecule has 3 heteroatoms. The summed E-state index contributed by atoms with van der Waals surface area (Å²) in [5, 5.41) is 8.79. The molecule has 0 saturated carbocycles. The third kappa shape index (κ3) is 1.37. The summed E-state index contributed by atoms with van der Waals surface area (Å²) in [4.78, 5) is 13.3. The van der Waals surface area contributed by atoms with Crippen molar-refractivity contribution in [3.8, 4) is 0 Å². The number of aliphatic hydroxyl groups is 1. The van der Waals surface area contributed by atoms with E-state index in [9.17, 15) is 4.79 Å². The molecule has 1 amide bonds. The molecular formula is C11H11NO2. The second kappa shape index (κ2) is 3.54. The molecule has 0 bridgehead atoms. The molecule has 72 valence electrons. The molecule has 1 aromatic carbocycles. The highest BCUT2D eigenvalue weighted by molar-refractivity contribution is 6.07. The van der Waals surface area contributed by atoms with Crippen LogP contribution in [0.1, 0.15) is 6.42 Å². The molecule has 0 spiro atoms. The first-order chi connectivity index (χ1) is 6.83. The highest BCUT2D eigenvalue weighted by atomic mass is 16.2. The van der Waals surface area contributed by atoms with E-state index in [1.165, 1.54) is 0 Å². The van der Waals surface area contributed by atoms with E-state index in [0.29, 0.717) is 18.5 Å². The molecule has 0 radical (unpaired) electrons. The number of para-hydroxylation sites is 1. The number of carbonyl (C=O) groups excluding carboxylic acids is 1. The Labute approximate surface area is 82.3 Å². The second-order valence-electron chi connectivity index (χ2n) is 3.20. The average Bonchev–Trinajstić information content (AvgIpc) is 2.61. The normalized spacial score (nSPS) is 19.3. The maximum Gasteiger partial charge on any atom is 0.257 e. The minimum atomic E-state index is -0.0984. The van der Waals surface area contributed by atoms with E-state index in [1.807, 2.05) is 30.3 Å². The maximum atomic E-state index is 11.6. The first kappa shape index (κ1) is 8.81. The molecular weight excluding hydrogens is 178 g/mol. The van der Waals surface area contributed by atoms with E-state index in [1.54, 1.807) is 4.90 Å². The Hall–Kier alpha value is -1.77. The van der Waals surface area contributed by atoms with Crippen molar-refractivity contribution in [3.63, 3.8) is 0 Å². The Morgan fingerprint density at radius 3 is 2.57 bits per heavy atom. The first-order valence-electron chi connectivity index (χ1n) is 4.53. The molecule has 1 aliphatic heterocycles. The molecule has 1 N–H and O–H groups in total. The van der Waals surface area contributed by atoms with Gasteiger partial charge < -0.3 is 10.0 Å². The Kier molecular flexibility index (Phi) is 2.23. The van der Waals surface area contributed by atoms with Gasteiger partial charge in [-0.1, -0.05) is 18.2 Å². The van der Waals surface area contributed by atoms with E-state index >= 15 is 0 Å². The molecule has 1 fully saturated rings. The lowest BCUT2D eigenvalue weighted by Crippen LogP contribution is -2.24. The molecule has 0 unspecified atom stereocenters. The van der Waals surface area contributed by atoms with Gasteiger partial charge in [-0.2, -0.15) is 0 Å². The number of aliphatic hydroxyl groups excluding tert-OH is 1.